The van der Waals surface area contributed by atoms with Crippen molar-refractivity contribution in [3.8, 4) is 0 Å². The highest BCUT2D eigenvalue weighted by Crippen LogP contribution is 2.48. The molecular weight excluding hydrogens is 334 g/mol. The van der Waals surface area contributed by atoms with Gasteiger partial charge >= 0.3 is 12.0 Å². The lowest BCUT2D eigenvalue weighted by Gasteiger charge is -2.23. The van der Waals surface area contributed by atoms with Gasteiger partial charge in [0.25, 0.3) is 0 Å². The van der Waals surface area contributed by atoms with Gasteiger partial charge in [-0.15, -0.1) is 0 Å². The Hall–Kier alpha value is -2.83. The molecule has 4 rings (SSSR count). The van der Waals surface area contributed by atoms with E-state index in [0.29, 0.717) is 13.0 Å². The molecule has 2 atom stereocenters. The number of benzene rings is 1. The van der Waals surface area contributed by atoms with E-state index >= 15 is 0 Å². The van der Waals surface area contributed by atoms with Crippen LogP contribution in [0.5, 0.6) is 0 Å². The number of hydrogen-bond acceptors (Lipinski definition) is 3. The highest BCUT2D eigenvalue weighted by atomic mass is 16.4. The van der Waals surface area contributed by atoms with E-state index in [9.17, 15) is 19.5 Å². The molecule has 1 aromatic heterocycles. The summed E-state index contributed by atoms with van der Waals surface area (Å²) in [5, 5.41) is 13.4. The van der Waals surface area contributed by atoms with Gasteiger partial charge in [0.2, 0.25) is 5.56 Å². The van der Waals surface area contributed by atoms with Crippen LogP contribution < -0.4 is 10.9 Å². The van der Waals surface area contributed by atoms with Crippen LogP contribution in [0.1, 0.15) is 24.8 Å². The SMILES string of the molecule is O=C(NCc1cc(=O)[nH]c2ccccc12)N1C[C@@H]2CCC[C@@]2(C(=O)O)C1. The van der Waals surface area contributed by atoms with Gasteiger partial charge in [0, 0.05) is 36.6 Å². The highest BCUT2D eigenvalue weighted by Gasteiger charge is 2.55. The van der Waals surface area contributed by atoms with E-state index in [1.165, 1.54) is 6.07 Å². The Morgan fingerprint density at radius 2 is 2.15 bits per heavy atom. The topological polar surface area (TPSA) is 103 Å². The number of carboxylic acids is 1. The van der Waals surface area contributed by atoms with E-state index in [2.05, 4.69) is 10.3 Å². The number of carboxylic acid groups (broad SMARTS) is 1. The lowest BCUT2D eigenvalue weighted by atomic mass is 9.81. The number of urea groups is 1. The zero-order chi connectivity index (χ0) is 18.3. The van der Waals surface area contributed by atoms with Crippen molar-refractivity contribution in [2.24, 2.45) is 11.3 Å². The molecule has 136 valence electrons. The summed E-state index contributed by atoms with van der Waals surface area (Å²) < 4.78 is 0. The van der Waals surface area contributed by atoms with Crippen molar-refractivity contribution >= 4 is 22.9 Å². The van der Waals surface area contributed by atoms with Crippen molar-refractivity contribution in [3.05, 3.63) is 46.2 Å². The molecule has 2 amide bonds. The van der Waals surface area contributed by atoms with Crippen LogP contribution in [0.3, 0.4) is 0 Å². The van der Waals surface area contributed by atoms with Gasteiger partial charge in [-0.1, -0.05) is 24.6 Å². The van der Waals surface area contributed by atoms with Gasteiger partial charge in [0.05, 0.1) is 5.41 Å². The fourth-order valence-electron chi connectivity index (χ4n) is 4.50. The molecule has 1 aliphatic carbocycles. The highest BCUT2D eigenvalue weighted by molar-refractivity contribution is 5.83. The monoisotopic (exact) mass is 355 g/mol. The quantitative estimate of drug-likeness (QED) is 0.783. The van der Waals surface area contributed by atoms with Gasteiger partial charge < -0.3 is 20.3 Å². The molecule has 3 N–H and O–H groups in total. The maximum Gasteiger partial charge on any atom is 0.317 e. The number of aliphatic carboxylic acids is 1. The lowest BCUT2D eigenvalue weighted by Crippen LogP contribution is -2.41. The molecule has 2 heterocycles. The number of carbonyl (C=O) groups is 2. The fraction of sp³-hybridized carbons (Fsp3) is 0.421. The maximum atomic E-state index is 12.6. The van der Waals surface area contributed by atoms with Crippen LogP contribution >= 0.6 is 0 Å². The third kappa shape index (κ3) is 2.64. The third-order valence-corrected chi connectivity index (χ3v) is 5.85. The molecule has 1 saturated heterocycles. The predicted octanol–water partition coefficient (Wildman–Crippen LogP) is 1.92. The van der Waals surface area contributed by atoms with Crippen LogP contribution in [-0.4, -0.2) is 40.1 Å². The van der Waals surface area contributed by atoms with Crippen LogP contribution in [0.4, 0.5) is 4.79 Å². The number of para-hydroxylation sites is 1. The molecule has 0 bridgehead atoms. The average Bonchev–Trinajstić information content (AvgIpc) is 3.17. The van der Waals surface area contributed by atoms with Crippen molar-refractivity contribution in [2.75, 3.05) is 13.1 Å². The number of nitrogens with one attached hydrogen (secondary N) is 2. The Balaban J connectivity index is 1.49. The summed E-state index contributed by atoms with van der Waals surface area (Å²) in [6.45, 7) is 0.966. The van der Waals surface area contributed by atoms with Crippen LogP contribution in [0.25, 0.3) is 10.9 Å². The number of hydrogen-bond donors (Lipinski definition) is 3. The van der Waals surface area contributed by atoms with Gasteiger partial charge in [0.15, 0.2) is 0 Å². The minimum absolute atomic E-state index is 0.0335. The summed E-state index contributed by atoms with van der Waals surface area (Å²) in [6, 6.07) is 8.65. The van der Waals surface area contributed by atoms with Crippen molar-refractivity contribution in [1.82, 2.24) is 15.2 Å². The number of aromatic nitrogens is 1. The number of pyridine rings is 1. The van der Waals surface area contributed by atoms with Gasteiger partial charge in [-0.25, -0.2) is 4.79 Å². The fourth-order valence-corrected chi connectivity index (χ4v) is 4.50. The smallest absolute Gasteiger partial charge is 0.317 e. The van der Waals surface area contributed by atoms with E-state index < -0.39 is 11.4 Å². The Labute approximate surface area is 150 Å². The van der Waals surface area contributed by atoms with Crippen molar-refractivity contribution in [1.29, 1.82) is 0 Å². The van der Waals surface area contributed by atoms with Crippen LogP contribution in [0.15, 0.2) is 35.1 Å². The number of rotatable bonds is 3. The lowest BCUT2D eigenvalue weighted by molar-refractivity contribution is -0.149. The first-order chi connectivity index (χ1) is 12.5. The Kier molecular flexibility index (Phi) is 3.94. The summed E-state index contributed by atoms with van der Waals surface area (Å²) >= 11 is 0. The molecule has 1 saturated carbocycles. The summed E-state index contributed by atoms with van der Waals surface area (Å²) in [7, 11) is 0. The molecular formula is C19H21N3O4. The number of amides is 2. The van der Waals surface area contributed by atoms with Crippen molar-refractivity contribution in [3.63, 3.8) is 0 Å². The van der Waals surface area contributed by atoms with Gasteiger partial charge in [-0.05, 0) is 30.4 Å². The zero-order valence-electron chi connectivity index (χ0n) is 14.3. The molecule has 1 aromatic carbocycles. The van der Waals surface area contributed by atoms with Gasteiger partial charge in [0.1, 0.15) is 0 Å². The predicted molar refractivity (Wildman–Crippen MR) is 95.8 cm³/mol. The third-order valence-electron chi connectivity index (χ3n) is 5.85. The van der Waals surface area contributed by atoms with Crippen LogP contribution in [0, 0.1) is 11.3 Å². The minimum atomic E-state index is -0.795. The van der Waals surface area contributed by atoms with Crippen LogP contribution in [-0.2, 0) is 11.3 Å². The number of nitrogens with zero attached hydrogens (tertiary/aromatic N) is 1. The molecule has 2 aromatic rings. The standard InChI is InChI=1S/C19H21N3O4/c23-16-8-12(14-5-1-2-6-15(14)21-16)9-20-18(26)22-10-13-4-3-7-19(13,11-22)17(24)25/h1-2,5-6,8,13H,3-4,7,9-11H2,(H,20,26)(H,21,23)(H,24,25)/t13-,19+/m0/s1. The largest absolute Gasteiger partial charge is 0.481 e. The Bertz CT molecular complexity index is 938. The normalized spacial score (nSPS) is 24.6. The molecule has 7 heteroatoms. The number of fused-ring (bicyclic) bond motifs is 2. The average molecular weight is 355 g/mol. The first kappa shape index (κ1) is 16.6. The molecule has 1 aliphatic heterocycles. The number of H-pyrrole nitrogens is 1. The molecule has 0 spiro atoms. The van der Waals surface area contributed by atoms with E-state index in [0.717, 1.165) is 29.3 Å². The molecule has 0 unspecified atom stereocenters. The zero-order valence-corrected chi connectivity index (χ0v) is 14.3. The van der Waals surface area contributed by atoms with Gasteiger partial charge in [-0.3, -0.25) is 9.59 Å². The van der Waals surface area contributed by atoms with Crippen LogP contribution in [0.2, 0.25) is 0 Å². The van der Waals surface area contributed by atoms with E-state index in [1.54, 1.807) is 4.90 Å². The molecule has 2 aliphatic rings. The van der Waals surface area contributed by atoms with E-state index in [4.69, 9.17) is 0 Å². The second kappa shape index (κ2) is 6.16. The molecule has 7 nitrogen and oxygen atoms in total. The molecule has 0 radical (unpaired) electrons. The second-order valence-corrected chi connectivity index (χ2v) is 7.29. The molecule has 26 heavy (non-hydrogen) atoms. The second-order valence-electron chi connectivity index (χ2n) is 7.29. The van der Waals surface area contributed by atoms with E-state index in [1.807, 2.05) is 24.3 Å². The first-order valence-electron chi connectivity index (χ1n) is 8.87. The summed E-state index contributed by atoms with van der Waals surface area (Å²) in [5.74, 6) is -0.762. The molecule has 2 fully saturated rings. The number of carbonyl (C=O) groups excluding carboxylic acids is 1. The Morgan fingerprint density at radius 1 is 1.35 bits per heavy atom. The van der Waals surface area contributed by atoms with Gasteiger partial charge in [-0.2, -0.15) is 0 Å². The van der Waals surface area contributed by atoms with E-state index in [-0.39, 0.29) is 30.6 Å². The minimum Gasteiger partial charge on any atom is -0.481 e. The van der Waals surface area contributed by atoms with Crippen molar-refractivity contribution < 1.29 is 14.7 Å². The summed E-state index contributed by atoms with van der Waals surface area (Å²) in [4.78, 5) is 40.5. The Morgan fingerprint density at radius 3 is 2.92 bits per heavy atom. The summed E-state index contributed by atoms with van der Waals surface area (Å²) in [6.07, 6.45) is 2.40. The van der Waals surface area contributed by atoms with Crippen molar-refractivity contribution in [2.45, 2.75) is 25.8 Å². The number of aromatic amines is 1. The summed E-state index contributed by atoms with van der Waals surface area (Å²) in [5.41, 5.74) is 0.469. The first-order valence-corrected chi connectivity index (χ1v) is 8.87. The maximum absolute atomic E-state index is 12.6. The number of likely N-dealkylation sites (tertiary alicyclic amines) is 1.